The molecule has 0 radical (unpaired) electrons. The smallest absolute Gasteiger partial charge is 0.379 e. The number of anilines is 1. The molecule has 5 nitrogen and oxygen atoms in total. The van der Waals surface area contributed by atoms with Gasteiger partial charge in [0.2, 0.25) is 5.82 Å². The van der Waals surface area contributed by atoms with Gasteiger partial charge in [0.1, 0.15) is 5.52 Å². The van der Waals surface area contributed by atoms with E-state index < -0.39 is 5.63 Å². The Balaban J connectivity index is 1.82. The van der Waals surface area contributed by atoms with E-state index in [0.717, 1.165) is 19.6 Å². The van der Waals surface area contributed by atoms with Crippen LogP contribution in [-0.4, -0.2) is 24.7 Å². The first-order chi connectivity index (χ1) is 8.83. The Hall–Kier alpha value is -1.88. The van der Waals surface area contributed by atoms with Crippen LogP contribution >= 0.6 is 0 Å². The highest BCUT2D eigenvalue weighted by Gasteiger charge is 2.16. The summed E-state index contributed by atoms with van der Waals surface area (Å²) in [6.07, 6.45) is 1.02. The van der Waals surface area contributed by atoms with Gasteiger partial charge in [0.15, 0.2) is 5.58 Å². The number of rotatable bonds is 3. The molecule has 3 rings (SSSR count). The van der Waals surface area contributed by atoms with Crippen LogP contribution in [-0.2, 0) is 4.74 Å². The first kappa shape index (κ1) is 11.2. The van der Waals surface area contributed by atoms with Crippen LogP contribution < -0.4 is 10.9 Å². The molecule has 1 aliphatic rings. The number of aromatic nitrogens is 1. The van der Waals surface area contributed by atoms with Gasteiger partial charge in [0.25, 0.3) is 0 Å². The van der Waals surface area contributed by atoms with E-state index in [2.05, 4.69) is 10.3 Å². The topological polar surface area (TPSA) is 64.4 Å². The summed E-state index contributed by atoms with van der Waals surface area (Å²) in [7, 11) is 0. The minimum absolute atomic E-state index is 0.278. The molecule has 0 aliphatic carbocycles. The zero-order valence-electron chi connectivity index (χ0n) is 9.89. The highest BCUT2D eigenvalue weighted by Crippen LogP contribution is 2.14. The van der Waals surface area contributed by atoms with Crippen LogP contribution in [0.25, 0.3) is 11.1 Å². The largest absolute Gasteiger partial charge is 0.418 e. The minimum atomic E-state index is -0.424. The fraction of sp³-hybridized carbons (Fsp3) is 0.385. The summed E-state index contributed by atoms with van der Waals surface area (Å²) >= 11 is 0. The number of hydrogen-bond donors (Lipinski definition) is 1. The molecule has 0 amide bonds. The second-order valence-corrected chi connectivity index (χ2v) is 4.43. The Morgan fingerprint density at radius 1 is 1.39 bits per heavy atom. The maximum Gasteiger partial charge on any atom is 0.379 e. The molecule has 1 aromatic heterocycles. The van der Waals surface area contributed by atoms with E-state index in [1.807, 2.05) is 18.2 Å². The van der Waals surface area contributed by atoms with Gasteiger partial charge in [-0.15, -0.1) is 0 Å². The van der Waals surface area contributed by atoms with Crippen molar-refractivity contribution in [2.75, 3.05) is 25.1 Å². The van der Waals surface area contributed by atoms with Crippen LogP contribution in [0.3, 0.4) is 0 Å². The number of benzene rings is 1. The molecule has 2 aromatic rings. The van der Waals surface area contributed by atoms with Gasteiger partial charge in [-0.05, 0) is 18.6 Å². The molecule has 0 bridgehead atoms. The maximum absolute atomic E-state index is 11.7. The zero-order chi connectivity index (χ0) is 12.4. The van der Waals surface area contributed by atoms with Gasteiger partial charge in [-0.1, -0.05) is 12.1 Å². The minimum Gasteiger partial charge on any atom is -0.418 e. The molecule has 2 heterocycles. The average molecular weight is 246 g/mol. The summed E-state index contributed by atoms with van der Waals surface area (Å²) in [6, 6.07) is 7.24. The molecular weight excluding hydrogens is 232 g/mol. The predicted octanol–water partition coefficient (Wildman–Crippen LogP) is 1.64. The van der Waals surface area contributed by atoms with Gasteiger partial charge >= 0.3 is 5.63 Å². The van der Waals surface area contributed by atoms with Crippen LogP contribution in [0, 0.1) is 5.92 Å². The van der Waals surface area contributed by atoms with Crippen molar-refractivity contribution in [3.8, 4) is 0 Å². The summed E-state index contributed by atoms with van der Waals surface area (Å²) in [5.41, 5.74) is 0.770. The molecule has 94 valence electrons. The third-order valence-corrected chi connectivity index (χ3v) is 3.08. The first-order valence-electron chi connectivity index (χ1n) is 6.04. The van der Waals surface area contributed by atoms with Crippen molar-refractivity contribution in [2.45, 2.75) is 6.42 Å². The molecule has 1 atom stereocenters. The highest BCUT2D eigenvalue weighted by molar-refractivity contribution is 5.72. The molecule has 1 saturated heterocycles. The van der Waals surface area contributed by atoms with E-state index in [1.165, 1.54) is 0 Å². The summed E-state index contributed by atoms with van der Waals surface area (Å²) in [5, 5.41) is 3.05. The summed E-state index contributed by atoms with van der Waals surface area (Å²) in [5.74, 6) is 0.721. The van der Waals surface area contributed by atoms with Crippen molar-refractivity contribution in [2.24, 2.45) is 5.92 Å². The third-order valence-electron chi connectivity index (χ3n) is 3.08. The Kier molecular flexibility index (Phi) is 2.98. The second kappa shape index (κ2) is 4.78. The quantitative estimate of drug-likeness (QED) is 0.891. The summed E-state index contributed by atoms with van der Waals surface area (Å²) < 4.78 is 10.5. The van der Waals surface area contributed by atoms with Crippen LogP contribution in [0.2, 0.25) is 0 Å². The van der Waals surface area contributed by atoms with Gasteiger partial charge in [-0.3, -0.25) is 0 Å². The van der Waals surface area contributed by atoms with Gasteiger partial charge in [0.05, 0.1) is 6.61 Å². The first-order valence-corrected chi connectivity index (χ1v) is 6.04. The summed E-state index contributed by atoms with van der Waals surface area (Å²) in [4.78, 5) is 16.0. The zero-order valence-corrected chi connectivity index (χ0v) is 9.89. The number of nitrogens with zero attached hydrogens (tertiary/aromatic N) is 1. The van der Waals surface area contributed by atoms with E-state index in [9.17, 15) is 4.79 Å². The molecule has 0 spiro atoms. The predicted molar refractivity (Wildman–Crippen MR) is 67.7 cm³/mol. The van der Waals surface area contributed by atoms with Crippen molar-refractivity contribution in [3.63, 3.8) is 0 Å². The van der Waals surface area contributed by atoms with Crippen LogP contribution in [0.15, 0.2) is 33.5 Å². The van der Waals surface area contributed by atoms with Crippen molar-refractivity contribution in [1.82, 2.24) is 4.98 Å². The third kappa shape index (κ3) is 2.22. The van der Waals surface area contributed by atoms with E-state index >= 15 is 0 Å². The molecule has 1 unspecified atom stereocenters. The second-order valence-electron chi connectivity index (χ2n) is 4.43. The molecule has 1 aromatic carbocycles. The Labute approximate surface area is 104 Å². The molecule has 18 heavy (non-hydrogen) atoms. The van der Waals surface area contributed by atoms with Crippen molar-refractivity contribution >= 4 is 16.9 Å². The lowest BCUT2D eigenvalue weighted by Gasteiger charge is -2.09. The lowest BCUT2D eigenvalue weighted by Crippen LogP contribution is -2.19. The number of para-hydroxylation sites is 2. The van der Waals surface area contributed by atoms with Crippen LogP contribution in [0.1, 0.15) is 6.42 Å². The van der Waals surface area contributed by atoms with E-state index in [-0.39, 0.29) is 5.82 Å². The van der Waals surface area contributed by atoms with Crippen LogP contribution in [0.5, 0.6) is 0 Å². The normalized spacial score (nSPS) is 19.2. The van der Waals surface area contributed by atoms with E-state index in [1.54, 1.807) is 6.07 Å². The molecule has 1 fully saturated rings. The van der Waals surface area contributed by atoms with Gasteiger partial charge in [-0.25, -0.2) is 9.78 Å². The lowest BCUT2D eigenvalue weighted by molar-refractivity contribution is 0.187. The Bertz CT molecular complexity index is 602. The fourth-order valence-electron chi connectivity index (χ4n) is 2.05. The maximum atomic E-state index is 11.7. The standard InChI is InChI=1S/C13H14N2O3/c16-13-12(14-7-9-5-6-17-8-9)15-10-3-1-2-4-11(10)18-13/h1-4,9H,5-8H2,(H,14,15). The molecular formula is C13H14N2O3. The number of nitrogens with one attached hydrogen (secondary N) is 1. The number of ether oxygens (including phenoxy) is 1. The van der Waals surface area contributed by atoms with Gasteiger partial charge in [0, 0.05) is 19.1 Å². The van der Waals surface area contributed by atoms with Crippen LogP contribution in [0.4, 0.5) is 5.82 Å². The van der Waals surface area contributed by atoms with Crippen molar-refractivity contribution in [1.29, 1.82) is 0 Å². The monoisotopic (exact) mass is 246 g/mol. The molecule has 1 aliphatic heterocycles. The number of fused-ring (bicyclic) bond motifs is 1. The SMILES string of the molecule is O=c1oc2ccccc2nc1NCC1CCOC1. The summed E-state index contributed by atoms with van der Waals surface area (Å²) in [6.45, 7) is 2.23. The van der Waals surface area contributed by atoms with E-state index in [0.29, 0.717) is 23.6 Å². The Morgan fingerprint density at radius 2 is 2.28 bits per heavy atom. The molecule has 0 saturated carbocycles. The van der Waals surface area contributed by atoms with Crippen molar-refractivity contribution in [3.05, 3.63) is 34.7 Å². The highest BCUT2D eigenvalue weighted by atomic mass is 16.5. The van der Waals surface area contributed by atoms with Gasteiger partial charge in [-0.2, -0.15) is 0 Å². The lowest BCUT2D eigenvalue weighted by atomic mass is 10.1. The average Bonchev–Trinajstić information content (AvgIpc) is 2.89. The molecule has 1 N–H and O–H groups in total. The van der Waals surface area contributed by atoms with E-state index in [4.69, 9.17) is 9.15 Å². The molecule has 5 heteroatoms. The fourth-order valence-corrected chi connectivity index (χ4v) is 2.05. The Morgan fingerprint density at radius 3 is 3.11 bits per heavy atom. The van der Waals surface area contributed by atoms with Crippen molar-refractivity contribution < 1.29 is 9.15 Å². The number of hydrogen-bond acceptors (Lipinski definition) is 5. The van der Waals surface area contributed by atoms with Gasteiger partial charge < -0.3 is 14.5 Å².